The fraction of sp³-hybridized carbons (Fsp3) is 0.310. The highest BCUT2D eigenvalue weighted by Gasteiger charge is 2.19. The molecule has 0 aliphatic carbocycles. The molecule has 5 nitrogen and oxygen atoms in total. The molecule has 1 N–H and O–H groups in total. The molecule has 4 rings (SSSR count). The van der Waals surface area contributed by atoms with Gasteiger partial charge in [0.25, 0.3) is 5.91 Å². The Balaban J connectivity index is 1.43. The molecule has 1 heterocycles. The summed E-state index contributed by atoms with van der Waals surface area (Å²) in [4.78, 5) is 17.7. The van der Waals surface area contributed by atoms with Crippen molar-refractivity contribution in [3.05, 3.63) is 94.8 Å². The summed E-state index contributed by atoms with van der Waals surface area (Å²) in [6.07, 6.45) is 1.89. The van der Waals surface area contributed by atoms with Gasteiger partial charge in [-0.3, -0.25) is 4.79 Å². The monoisotopic (exact) mass is 455 g/mol. The largest absolute Gasteiger partial charge is 0.493 e. The van der Waals surface area contributed by atoms with Gasteiger partial charge in [0.05, 0.1) is 23.7 Å². The molecule has 1 amide bonds. The summed E-state index contributed by atoms with van der Waals surface area (Å²) in [5, 5.41) is 3.13. The van der Waals surface area contributed by atoms with E-state index in [1.807, 2.05) is 62.4 Å². The lowest BCUT2D eigenvalue weighted by molar-refractivity contribution is 0.0937. The Kier molecular flexibility index (Phi) is 7.31. The number of imidazole rings is 1. The van der Waals surface area contributed by atoms with Gasteiger partial charge in [-0.1, -0.05) is 47.5 Å². The maximum Gasteiger partial charge on any atom is 0.251 e. The van der Waals surface area contributed by atoms with Gasteiger partial charge in [-0.15, -0.1) is 0 Å². The predicted octanol–water partition coefficient (Wildman–Crippen LogP) is 6.31. The van der Waals surface area contributed by atoms with Crippen LogP contribution in [0.4, 0.5) is 0 Å². The Hall–Kier alpha value is -3.60. The first-order valence-electron chi connectivity index (χ1n) is 11.9. The Bertz CT molecular complexity index is 1290. The lowest BCUT2D eigenvalue weighted by Crippen LogP contribution is -2.28. The number of rotatable bonds is 9. The van der Waals surface area contributed by atoms with Crippen LogP contribution in [0, 0.1) is 20.8 Å². The summed E-state index contributed by atoms with van der Waals surface area (Å²) in [6.45, 7) is 9.65. The molecule has 1 atom stereocenters. The maximum atomic E-state index is 12.8. The highest BCUT2D eigenvalue weighted by atomic mass is 16.5. The molecule has 5 heteroatoms. The molecule has 3 aromatic carbocycles. The number of hydrogen-bond donors (Lipinski definition) is 1. The van der Waals surface area contributed by atoms with Crippen LogP contribution < -0.4 is 10.1 Å². The summed E-state index contributed by atoms with van der Waals surface area (Å²) in [5.74, 6) is 1.74. The second-order valence-electron chi connectivity index (χ2n) is 9.00. The van der Waals surface area contributed by atoms with Gasteiger partial charge in [0, 0.05) is 12.1 Å². The summed E-state index contributed by atoms with van der Waals surface area (Å²) in [7, 11) is 0. The van der Waals surface area contributed by atoms with E-state index < -0.39 is 0 Å². The average molecular weight is 456 g/mol. The topological polar surface area (TPSA) is 56.2 Å². The molecule has 0 aliphatic rings. The number of carbonyl (C=O) groups excluding carboxylic acids is 1. The third kappa shape index (κ3) is 5.48. The van der Waals surface area contributed by atoms with Crippen molar-refractivity contribution >= 4 is 16.9 Å². The van der Waals surface area contributed by atoms with Crippen molar-refractivity contribution in [1.82, 2.24) is 14.9 Å². The molecule has 176 valence electrons. The van der Waals surface area contributed by atoms with E-state index in [9.17, 15) is 4.79 Å². The minimum Gasteiger partial charge on any atom is -0.493 e. The Morgan fingerprint density at radius 3 is 2.56 bits per heavy atom. The number of aryl methyl sites for hydroxylation is 4. The van der Waals surface area contributed by atoms with Gasteiger partial charge in [-0.25, -0.2) is 4.98 Å². The lowest BCUT2D eigenvalue weighted by atomic mass is 10.1. The second-order valence-corrected chi connectivity index (χ2v) is 9.00. The van der Waals surface area contributed by atoms with Crippen LogP contribution in [0.2, 0.25) is 0 Å². The van der Waals surface area contributed by atoms with Crippen LogP contribution in [0.1, 0.15) is 58.7 Å². The molecule has 0 aliphatic heterocycles. The number of fused-ring (bicyclic) bond motifs is 1. The summed E-state index contributed by atoms with van der Waals surface area (Å²) >= 11 is 0. The van der Waals surface area contributed by atoms with Crippen LogP contribution in [0.5, 0.6) is 5.75 Å². The third-order valence-electron chi connectivity index (χ3n) is 6.06. The fourth-order valence-corrected chi connectivity index (χ4v) is 4.31. The van der Waals surface area contributed by atoms with Crippen molar-refractivity contribution in [3.63, 3.8) is 0 Å². The minimum atomic E-state index is -0.216. The predicted molar refractivity (Wildman–Crippen MR) is 137 cm³/mol. The minimum absolute atomic E-state index is 0.0864. The molecule has 34 heavy (non-hydrogen) atoms. The number of para-hydroxylation sites is 2. The van der Waals surface area contributed by atoms with Crippen molar-refractivity contribution in [2.75, 3.05) is 6.61 Å². The second kappa shape index (κ2) is 10.6. The quantitative estimate of drug-likeness (QED) is 0.301. The maximum absolute atomic E-state index is 12.8. The SMILES string of the molecule is Cc1cccc(C(=O)NC(C)c2nc3ccccc3n2CCCCOc2ccc(C)cc2C)c1. The highest BCUT2D eigenvalue weighted by molar-refractivity contribution is 5.94. The Morgan fingerprint density at radius 2 is 1.76 bits per heavy atom. The molecule has 0 spiro atoms. The number of unbranched alkanes of at least 4 members (excludes halogenated alkanes) is 1. The van der Waals surface area contributed by atoms with Crippen LogP contribution in [-0.4, -0.2) is 22.1 Å². The van der Waals surface area contributed by atoms with Crippen LogP contribution in [0.3, 0.4) is 0 Å². The molecular weight excluding hydrogens is 422 g/mol. The fourth-order valence-electron chi connectivity index (χ4n) is 4.31. The molecule has 1 aromatic heterocycles. The van der Waals surface area contributed by atoms with E-state index in [0.29, 0.717) is 12.2 Å². The first-order chi connectivity index (χ1) is 16.4. The molecule has 0 fully saturated rings. The van der Waals surface area contributed by atoms with E-state index in [2.05, 4.69) is 41.9 Å². The summed E-state index contributed by atoms with van der Waals surface area (Å²) in [5.41, 5.74) is 6.17. The number of ether oxygens (including phenoxy) is 1. The highest BCUT2D eigenvalue weighted by Crippen LogP contribution is 2.23. The average Bonchev–Trinajstić information content (AvgIpc) is 3.19. The Labute approximate surface area is 201 Å². The van der Waals surface area contributed by atoms with Crippen LogP contribution in [0.25, 0.3) is 11.0 Å². The normalized spacial score (nSPS) is 12.0. The van der Waals surface area contributed by atoms with Gasteiger partial charge in [0.2, 0.25) is 0 Å². The molecule has 1 unspecified atom stereocenters. The number of carbonyl (C=O) groups is 1. The standard InChI is InChI=1S/C29H33N3O2/c1-20-10-9-11-24(19-20)29(33)30-23(4)28-31-25-12-5-6-13-26(25)32(28)16-7-8-17-34-27-15-14-21(2)18-22(27)3/h5-6,9-15,18-19,23H,7-8,16-17H2,1-4H3,(H,30,33). The van der Waals surface area contributed by atoms with Crippen LogP contribution >= 0.6 is 0 Å². The molecule has 0 radical (unpaired) electrons. The molecule has 4 aromatic rings. The van der Waals surface area contributed by atoms with Gasteiger partial charge >= 0.3 is 0 Å². The van der Waals surface area contributed by atoms with E-state index in [0.717, 1.165) is 47.6 Å². The zero-order valence-corrected chi connectivity index (χ0v) is 20.5. The summed E-state index contributed by atoms with van der Waals surface area (Å²) in [6, 6.07) is 21.8. The van der Waals surface area contributed by atoms with E-state index in [-0.39, 0.29) is 11.9 Å². The number of nitrogens with one attached hydrogen (secondary N) is 1. The lowest BCUT2D eigenvalue weighted by Gasteiger charge is -2.17. The van der Waals surface area contributed by atoms with Crippen LogP contribution in [-0.2, 0) is 6.54 Å². The van der Waals surface area contributed by atoms with Gasteiger partial charge in [-0.05, 0) is 76.4 Å². The van der Waals surface area contributed by atoms with Gasteiger partial charge in [-0.2, -0.15) is 0 Å². The smallest absolute Gasteiger partial charge is 0.251 e. The van der Waals surface area contributed by atoms with Crippen molar-refractivity contribution in [1.29, 1.82) is 0 Å². The van der Waals surface area contributed by atoms with Gasteiger partial charge in [0.1, 0.15) is 11.6 Å². The first kappa shape index (κ1) is 23.6. The van der Waals surface area contributed by atoms with E-state index >= 15 is 0 Å². The Morgan fingerprint density at radius 1 is 0.971 bits per heavy atom. The van der Waals surface area contributed by atoms with Crippen molar-refractivity contribution in [2.24, 2.45) is 0 Å². The van der Waals surface area contributed by atoms with Crippen molar-refractivity contribution < 1.29 is 9.53 Å². The third-order valence-corrected chi connectivity index (χ3v) is 6.06. The molecular formula is C29H33N3O2. The number of aromatic nitrogens is 2. The first-order valence-corrected chi connectivity index (χ1v) is 11.9. The molecule has 0 saturated carbocycles. The van der Waals surface area contributed by atoms with Crippen molar-refractivity contribution in [3.8, 4) is 5.75 Å². The summed E-state index contributed by atoms with van der Waals surface area (Å²) < 4.78 is 8.24. The zero-order valence-electron chi connectivity index (χ0n) is 20.5. The number of hydrogen-bond acceptors (Lipinski definition) is 3. The van der Waals surface area contributed by atoms with E-state index in [4.69, 9.17) is 9.72 Å². The molecule has 0 saturated heterocycles. The van der Waals surface area contributed by atoms with Gasteiger partial charge in [0.15, 0.2) is 0 Å². The van der Waals surface area contributed by atoms with Crippen molar-refractivity contribution in [2.45, 2.75) is 53.1 Å². The van der Waals surface area contributed by atoms with E-state index in [1.165, 1.54) is 11.1 Å². The molecule has 0 bridgehead atoms. The van der Waals surface area contributed by atoms with E-state index in [1.54, 1.807) is 0 Å². The van der Waals surface area contributed by atoms with Gasteiger partial charge < -0.3 is 14.6 Å². The van der Waals surface area contributed by atoms with Crippen LogP contribution in [0.15, 0.2) is 66.7 Å². The number of nitrogens with zero attached hydrogens (tertiary/aromatic N) is 2. The zero-order chi connectivity index (χ0) is 24.1. The number of amides is 1. The number of benzene rings is 3.